The first-order chi connectivity index (χ1) is 9.79. The predicted molar refractivity (Wildman–Crippen MR) is 85.8 cm³/mol. The van der Waals surface area contributed by atoms with E-state index in [9.17, 15) is 4.79 Å². The minimum atomic E-state index is -0.291. The van der Waals surface area contributed by atoms with Crippen molar-refractivity contribution in [2.75, 3.05) is 13.7 Å². The van der Waals surface area contributed by atoms with Crippen molar-refractivity contribution in [1.29, 1.82) is 0 Å². The molecule has 0 radical (unpaired) electrons. The van der Waals surface area contributed by atoms with Crippen molar-refractivity contribution in [1.82, 2.24) is 0 Å². The molecule has 0 bridgehead atoms. The molecule has 1 aromatic carbocycles. The molecule has 0 aliphatic carbocycles. The lowest BCUT2D eigenvalue weighted by Gasteiger charge is -2.20. The number of carbonyl (C=O) groups is 1. The summed E-state index contributed by atoms with van der Waals surface area (Å²) in [7, 11) is 1.39. The van der Waals surface area contributed by atoms with Crippen LogP contribution in [0, 0.1) is 6.92 Å². The van der Waals surface area contributed by atoms with Crippen molar-refractivity contribution in [3.05, 3.63) is 41.0 Å². The summed E-state index contributed by atoms with van der Waals surface area (Å²) in [6, 6.07) is 6.24. The van der Waals surface area contributed by atoms with E-state index in [1.54, 1.807) is 6.08 Å². The minimum absolute atomic E-state index is 0.128. The van der Waals surface area contributed by atoms with Gasteiger partial charge in [0.25, 0.3) is 0 Å². The molecule has 0 aliphatic rings. The van der Waals surface area contributed by atoms with E-state index in [-0.39, 0.29) is 11.4 Å². The Morgan fingerprint density at radius 2 is 1.95 bits per heavy atom. The quantitative estimate of drug-likeness (QED) is 0.603. The van der Waals surface area contributed by atoms with Gasteiger partial charge in [0.1, 0.15) is 12.4 Å². The topological polar surface area (TPSA) is 35.5 Å². The standard InChI is InChI=1S/C18H26O3/c1-7-14(17(19)20-6)10-11-21-16-9-8-15(12-13(16)2)18(3,4)5/h8-10,12H,7,11H2,1-6H3. The number of hydrogen-bond donors (Lipinski definition) is 0. The molecule has 0 unspecified atom stereocenters. The molecule has 3 heteroatoms. The minimum Gasteiger partial charge on any atom is -0.489 e. The lowest BCUT2D eigenvalue weighted by molar-refractivity contribution is -0.136. The van der Waals surface area contributed by atoms with Crippen LogP contribution in [-0.2, 0) is 14.9 Å². The van der Waals surface area contributed by atoms with Crippen LogP contribution in [0.3, 0.4) is 0 Å². The number of carbonyl (C=O) groups excluding carboxylic acids is 1. The first-order valence-corrected chi connectivity index (χ1v) is 7.30. The smallest absolute Gasteiger partial charge is 0.333 e. The fraction of sp³-hybridized carbons (Fsp3) is 0.500. The monoisotopic (exact) mass is 290 g/mol. The molecule has 0 N–H and O–H groups in total. The Bertz CT molecular complexity index is 522. The summed E-state index contributed by atoms with van der Waals surface area (Å²) in [5.74, 6) is 0.556. The molecule has 0 amide bonds. The SMILES string of the molecule is CCC(=CCOc1ccc(C(C)(C)C)cc1C)C(=O)OC. The van der Waals surface area contributed by atoms with Crippen LogP contribution in [0.4, 0.5) is 0 Å². The van der Waals surface area contributed by atoms with E-state index in [1.807, 2.05) is 19.9 Å². The maximum Gasteiger partial charge on any atom is 0.333 e. The summed E-state index contributed by atoms with van der Waals surface area (Å²) in [6.45, 7) is 10.9. The van der Waals surface area contributed by atoms with E-state index in [0.717, 1.165) is 11.3 Å². The van der Waals surface area contributed by atoms with Gasteiger partial charge in [-0.05, 0) is 42.0 Å². The maximum atomic E-state index is 11.5. The number of aryl methyl sites for hydroxylation is 1. The number of methoxy groups -OCH3 is 1. The van der Waals surface area contributed by atoms with E-state index in [4.69, 9.17) is 9.47 Å². The lowest BCUT2D eigenvalue weighted by atomic mass is 9.86. The molecule has 116 valence electrons. The molecule has 3 nitrogen and oxygen atoms in total. The zero-order chi connectivity index (χ0) is 16.0. The van der Waals surface area contributed by atoms with Crippen molar-refractivity contribution >= 4 is 5.97 Å². The second-order valence-electron chi connectivity index (χ2n) is 6.12. The third-order valence-corrected chi connectivity index (χ3v) is 3.44. The van der Waals surface area contributed by atoms with Crippen LogP contribution in [0.5, 0.6) is 5.75 Å². The van der Waals surface area contributed by atoms with Gasteiger partial charge in [0.2, 0.25) is 0 Å². The highest BCUT2D eigenvalue weighted by Crippen LogP contribution is 2.27. The maximum absolute atomic E-state index is 11.5. The molecule has 0 saturated carbocycles. The van der Waals surface area contributed by atoms with Crippen molar-refractivity contribution in [3.63, 3.8) is 0 Å². The van der Waals surface area contributed by atoms with Gasteiger partial charge in [-0.2, -0.15) is 0 Å². The van der Waals surface area contributed by atoms with Gasteiger partial charge < -0.3 is 9.47 Å². The summed E-state index contributed by atoms with van der Waals surface area (Å²) in [6.07, 6.45) is 2.42. The van der Waals surface area contributed by atoms with Gasteiger partial charge in [0, 0.05) is 5.57 Å². The van der Waals surface area contributed by atoms with Crippen LogP contribution in [0.15, 0.2) is 29.8 Å². The van der Waals surface area contributed by atoms with Gasteiger partial charge in [-0.25, -0.2) is 4.79 Å². The molecular formula is C18H26O3. The van der Waals surface area contributed by atoms with E-state index in [1.165, 1.54) is 12.7 Å². The third kappa shape index (κ3) is 4.92. The highest BCUT2D eigenvalue weighted by molar-refractivity contribution is 5.88. The summed E-state index contributed by atoms with van der Waals surface area (Å²) in [5.41, 5.74) is 3.16. The molecule has 0 fully saturated rings. The largest absolute Gasteiger partial charge is 0.489 e. The Morgan fingerprint density at radius 1 is 1.29 bits per heavy atom. The van der Waals surface area contributed by atoms with E-state index in [2.05, 4.69) is 32.9 Å². The summed E-state index contributed by atoms with van der Waals surface area (Å²) in [5, 5.41) is 0. The Kier molecular flexibility index (Phi) is 6.01. The molecule has 0 aliphatic heterocycles. The molecule has 0 saturated heterocycles. The van der Waals surface area contributed by atoms with Gasteiger partial charge in [-0.3, -0.25) is 0 Å². The average Bonchev–Trinajstić information content (AvgIpc) is 2.43. The van der Waals surface area contributed by atoms with Crippen LogP contribution >= 0.6 is 0 Å². The molecule has 0 heterocycles. The second-order valence-corrected chi connectivity index (χ2v) is 6.12. The lowest BCUT2D eigenvalue weighted by Crippen LogP contribution is -2.11. The Balaban J connectivity index is 2.77. The average molecular weight is 290 g/mol. The number of rotatable bonds is 5. The highest BCUT2D eigenvalue weighted by atomic mass is 16.5. The van der Waals surface area contributed by atoms with Gasteiger partial charge in [-0.15, -0.1) is 0 Å². The van der Waals surface area contributed by atoms with Gasteiger partial charge in [0.15, 0.2) is 0 Å². The summed E-state index contributed by atoms with van der Waals surface area (Å²) >= 11 is 0. The van der Waals surface area contributed by atoms with Gasteiger partial charge in [0.05, 0.1) is 7.11 Å². The second kappa shape index (κ2) is 7.30. The first-order valence-electron chi connectivity index (χ1n) is 7.30. The molecule has 0 spiro atoms. The third-order valence-electron chi connectivity index (χ3n) is 3.44. The van der Waals surface area contributed by atoms with Crippen molar-refractivity contribution in [2.24, 2.45) is 0 Å². The Labute approximate surface area is 128 Å². The van der Waals surface area contributed by atoms with E-state index < -0.39 is 0 Å². The number of benzene rings is 1. The van der Waals surface area contributed by atoms with E-state index >= 15 is 0 Å². The predicted octanol–water partition coefficient (Wildman–Crippen LogP) is 4.18. The van der Waals surface area contributed by atoms with Crippen molar-refractivity contribution < 1.29 is 14.3 Å². The zero-order valence-electron chi connectivity index (χ0n) is 13.9. The van der Waals surface area contributed by atoms with Gasteiger partial charge in [-0.1, -0.05) is 39.8 Å². The van der Waals surface area contributed by atoms with E-state index in [0.29, 0.717) is 18.6 Å². The van der Waals surface area contributed by atoms with Crippen LogP contribution in [0.1, 0.15) is 45.2 Å². The first kappa shape index (κ1) is 17.3. The Morgan fingerprint density at radius 3 is 2.43 bits per heavy atom. The summed E-state index contributed by atoms with van der Waals surface area (Å²) < 4.78 is 10.5. The number of ether oxygens (including phenoxy) is 2. The van der Waals surface area contributed by atoms with Gasteiger partial charge >= 0.3 is 5.97 Å². The fourth-order valence-electron chi connectivity index (χ4n) is 2.01. The molecule has 0 aromatic heterocycles. The van der Waals surface area contributed by atoms with Crippen LogP contribution in [0.2, 0.25) is 0 Å². The van der Waals surface area contributed by atoms with Crippen LogP contribution < -0.4 is 4.74 Å². The fourth-order valence-corrected chi connectivity index (χ4v) is 2.01. The molecule has 1 aromatic rings. The molecule has 21 heavy (non-hydrogen) atoms. The Hall–Kier alpha value is -1.77. The van der Waals surface area contributed by atoms with Crippen molar-refractivity contribution in [3.8, 4) is 5.75 Å². The molecule has 0 atom stereocenters. The van der Waals surface area contributed by atoms with Crippen LogP contribution in [-0.4, -0.2) is 19.7 Å². The normalized spacial score (nSPS) is 12.2. The molecular weight excluding hydrogens is 264 g/mol. The van der Waals surface area contributed by atoms with Crippen LogP contribution in [0.25, 0.3) is 0 Å². The highest BCUT2D eigenvalue weighted by Gasteiger charge is 2.14. The number of hydrogen-bond acceptors (Lipinski definition) is 3. The molecule has 1 rings (SSSR count). The number of esters is 1. The summed E-state index contributed by atoms with van der Waals surface area (Å²) in [4.78, 5) is 11.5. The van der Waals surface area contributed by atoms with Crippen molar-refractivity contribution in [2.45, 2.75) is 46.5 Å². The zero-order valence-corrected chi connectivity index (χ0v) is 13.9.